The standard InChI is InChI=1S/C17H20O6/c1-22-16-12(8-18)4-10(6-14(16)20)3-11-5-13(9-19)17(23-2)15(21)7-11/h4-7,18-21H,3,8-9H2,1-2H3. The van der Waals surface area contributed by atoms with E-state index in [2.05, 4.69) is 0 Å². The van der Waals surface area contributed by atoms with Gasteiger partial charge in [-0.3, -0.25) is 0 Å². The number of aliphatic hydroxyl groups excluding tert-OH is 2. The van der Waals surface area contributed by atoms with Gasteiger partial charge in [0.15, 0.2) is 23.0 Å². The minimum atomic E-state index is -0.264. The number of benzene rings is 2. The van der Waals surface area contributed by atoms with Crippen LogP contribution in [-0.4, -0.2) is 34.6 Å². The molecule has 0 heterocycles. The topological polar surface area (TPSA) is 99.4 Å². The number of aliphatic hydroxyl groups is 2. The maximum Gasteiger partial charge on any atom is 0.165 e. The van der Waals surface area contributed by atoms with Crippen molar-refractivity contribution in [2.75, 3.05) is 14.2 Å². The van der Waals surface area contributed by atoms with Crippen LogP contribution in [0.15, 0.2) is 24.3 Å². The zero-order valence-electron chi connectivity index (χ0n) is 13.0. The number of hydrogen-bond acceptors (Lipinski definition) is 6. The minimum absolute atomic E-state index is 0.0610. The van der Waals surface area contributed by atoms with Crippen molar-refractivity contribution < 1.29 is 29.9 Å². The fraction of sp³-hybridized carbons (Fsp3) is 0.294. The molecule has 0 atom stereocenters. The molecule has 0 saturated heterocycles. The van der Waals surface area contributed by atoms with Gasteiger partial charge in [0, 0.05) is 11.1 Å². The lowest BCUT2D eigenvalue weighted by atomic mass is 9.99. The Hall–Kier alpha value is -2.44. The number of phenolic OH excluding ortho intramolecular Hbond substituents is 2. The van der Waals surface area contributed by atoms with Gasteiger partial charge in [0.25, 0.3) is 0 Å². The summed E-state index contributed by atoms with van der Waals surface area (Å²) >= 11 is 0. The highest BCUT2D eigenvalue weighted by atomic mass is 16.5. The molecular weight excluding hydrogens is 300 g/mol. The molecule has 2 rings (SSSR count). The Morgan fingerprint density at radius 2 is 1.13 bits per heavy atom. The fourth-order valence-electron chi connectivity index (χ4n) is 2.62. The molecule has 124 valence electrons. The van der Waals surface area contributed by atoms with Crippen molar-refractivity contribution in [1.82, 2.24) is 0 Å². The van der Waals surface area contributed by atoms with E-state index in [0.717, 1.165) is 11.1 Å². The molecule has 2 aromatic rings. The van der Waals surface area contributed by atoms with E-state index < -0.39 is 0 Å². The molecule has 0 radical (unpaired) electrons. The SMILES string of the molecule is COc1c(O)cc(Cc2cc(O)c(OC)c(CO)c2)cc1CO. The summed E-state index contributed by atoms with van der Waals surface area (Å²) in [5, 5.41) is 38.7. The van der Waals surface area contributed by atoms with Crippen LogP contribution in [0.25, 0.3) is 0 Å². The molecule has 0 amide bonds. The summed E-state index contributed by atoms with van der Waals surface area (Å²) < 4.78 is 10.1. The monoisotopic (exact) mass is 320 g/mol. The smallest absolute Gasteiger partial charge is 0.165 e. The Labute approximate surface area is 134 Å². The molecule has 0 saturated carbocycles. The molecule has 6 nitrogen and oxygen atoms in total. The molecule has 0 bridgehead atoms. The quantitative estimate of drug-likeness (QED) is 0.646. The average molecular weight is 320 g/mol. The second-order valence-electron chi connectivity index (χ2n) is 5.11. The number of ether oxygens (including phenoxy) is 2. The molecule has 4 N–H and O–H groups in total. The van der Waals surface area contributed by atoms with E-state index in [1.54, 1.807) is 12.1 Å². The number of methoxy groups -OCH3 is 2. The second-order valence-corrected chi connectivity index (χ2v) is 5.11. The molecule has 23 heavy (non-hydrogen) atoms. The maximum atomic E-state index is 9.97. The first-order chi connectivity index (χ1) is 11.0. The van der Waals surface area contributed by atoms with Crippen molar-refractivity contribution in [3.8, 4) is 23.0 Å². The van der Waals surface area contributed by atoms with Crippen molar-refractivity contribution in [2.24, 2.45) is 0 Å². The van der Waals surface area contributed by atoms with Crippen molar-refractivity contribution in [1.29, 1.82) is 0 Å². The van der Waals surface area contributed by atoms with Crippen LogP contribution in [0.2, 0.25) is 0 Å². The normalized spacial score (nSPS) is 10.6. The number of phenols is 2. The van der Waals surface area contributed by atoms with Gasteiger partial charge in [-0.1, -0.05) is 0 Å². The predicted molar refractivity (Wildman–Crippen MR) is 84.0 cm³/mol. The second kappa shape index (κ2) is 7.21. The lowest BCUT2D eigenvalue weighted by molar-refractivity contribution is 0.270. The number of rotatable bonds is 6. The molecule has 0 aliphatic carbocycles. The van der Waals surface area contributed by atoms with E-state index in [0.29, 0.717) is 17.5 Å². The van der Waals surface area contributed by atoms with Gasteiger partial charge in [0.2, 0.25) is 0 Å². The highest BCUT2D eigenvalue weighted by Crippen LogP contribution is 2.35. The van der Waals surface area contributed by atoms with Gasteiger partial charge < -0.3 is 29.9 Å². The van der Waals surface area contributed by atoms with Gasteiger partial charge in [-0.05, 0) is 41.8 Å². The molecule has 0 aliphatic rings. The van der Waals surface area contributed by atoms with Crippen molar-refractivity contribution in [2.45, 2.75) is 19.6 Å². The summed E-state index contributed by atoms with van der Waals surface area (Å²) in [5.74, 6) is 0.359. The van der Waals surface area contributed by atoms with E-state index in [1.807, 2.05) is 0 Å². The number of hydrogen-bond donors (Lipinski definition) is 4. The van der Waals surface area contributed by atoms with Gasteiger partial charge in [0.05, 0.1) is 27.4 Å². The Morgan fingerprint density at radius 3 is 1.43 bits per heavy atom. The molecule has 0 unspecified atom stereocenters. The summed E-state index contributed by atoms with van der Waals surface area (Å²) in [4.78, 5) is 0. The zero-order valence-corrected chi connectivity index (χ0v) is 13.0. The number of aromatic hydroxyl groups is 2. The molecule has 0 aliphatic heterocycles. The van der Waals surface area contributed by atoms with Gasteiger partial charge in [-0.2, -0.15) is 0 Å². The third kappa shape index (κ3) is 3.49. The van der Waals surface area contributed by atoms with E-state index in [-0.39, 0.29) is 36.2 Å². The predicted octanol–water partition coefficient (Wildman–Crippen LogP) is 1.69. The third-order valence-corrected chi connectivity index (χ3v) is 3.57. The highest BCUT2D eigenvalue weighted by Gasteiger charge is 2.14. The van der Waals surface area contributed by atoms with Crippen LogP contribution in [0.1, 0.15) is 22.3 Å². The molecular formula is C17H20O6. The van der Waals surface area contributed by atoms with Crippen LogP contribution in [0.5, 0.6) is 23.0 Å². The average Bonchev–Trinajstić information content (AvgIpc) is 2.53. The van der Waals surface area contributed by atoms with Crippen LogP contribution in [0, 0.1) is 0 Å². The van der Waals surface area contributed by atoms with Crippen LogP contribution >= 0.6 is 0 Å². The Bertz CT molecular complexity index is 636. The largest absolute Gasteiger partial charge is 0.504 e. The van der Waals surface area contributed by atoms with E-state index in [4.69, 9.17) is 9.47 Å². The summed E-state index contributed by atoms with van der Waals surface area (Å²) in [7, 11) is 2.84. The van der Waals surface area contributed by atoms with Crippen molar-refractivity contribution >= 4 is 0 Å². The molecule has 2 aromatic carbocycles. The Morgan fingerprint density at radius 1 is 0.739 bits per heavy atom. The molecule has 6 heteroatoms. The van der Waals surface area contributed by atoms with Crippen LogP contribution in [0.3, 0.4) is 0 Å². The van der Waals surface area contributed by atoms with E-state index in [9.17, 15) is 20.4 Å². The van der Waals surface area contributed by atoms with Gasteiger partial charge in [-0.25, -0.2) is 0 Å². The summed E-state index contributed by atoms with van der Waals surface area (Å²) in [5.41, 5.74) is 2.42. The molecule has 0 aromatic heterocycles. The first-order valence-corrected chi connectivity index (χ1v) is 7.03. The van der Waals surface area contributed by atoms with Gasteiger partial charge in [0.1, 0.15) is 0 Å². The van der Waals surface area contributed by atoms with Gasteiger partial charge in [-0.15, -0.1) is 0 Å². The summed E-state index contributed by atoms with van der Waals surface area (Å²) in [6.07, 6.45) is 0.398. The van der Waals surface area contributed by atoms with Crippen LogP contribution in [0.4, 0.5) is 0 Å². The highest BCUT2D eigenvalue weighted by molar-refractivity contribution is 5.52. The van der Waals surface area contributed by atoms with Crippen LogP contribution < -0.4 is 9.47 Å². The third-order valence-electron chi connectivity index (χ3n) is 3.57. The minimum Gasteiger partial charge on any atom is -0.504 e. The lowest BCUT2D eigenvalue weighted by Gasteiger charge is -2.13. The van der Waals surface area contributed by atoms with Gasteiger partial charge >= 0.3 is 0 Å². The molecule has 0 fully saturated rings. The lowest BCUT2D eigenvalue weighted by Crippen LogP contribution is -1.98. The summed E-state index contributed by atoms with van der Waals surface area (Å²) in [6.45, 7) is -0.527. The van der Waals surface area contributed by atoms with Crippen molar-refractivity contribution in [3.05, 3.63) is 46.5 Å². The first-order valence-electron chi connectivity index (χ1n) is 7.03. The Balaban J connectivity index is 2.39. The fourth-order valence-corrected chi connectivity index (χ4v) is 2.62. The van der Waals surface area contributed by atoms with E-state index in [1.165, 1.54) is 26.4 Å². The van der Waals surface area contributed by atoms with Crippen LogP contribution in [-0.2, 0) is 19.6 Å². The maximum absolute atomic E-state index is 9.97. The summed E-state index contributed by atoms with van der Waals surface area (Å²) in [6, 6.07) is 6.52. The van der Waals surface area contributed by atoms with Crippen molar-refractivity contribution in [3.63, 3.8) is 0 Å². The Kier molecular flexibility index (Phi) is 5.31. The van der Waals surface area contributed by atoms with E-state index >= 15 is 0 Å². The first kappa shape index (κ1) is 16.9. The molecule has 0 spiro atoms. The zero-order chi connectivity index (χ0) is 17.0.